The highest BCUT2D eigenvalue weighted by atomic mass is 127. The van der Waals surface area contributed by atoms with Crippen LogP contribution in [0.15, 0.2) is 52.8 Å². The highest BCUT2D eigenvalue weighted by Gasteiger charge is 2.07. The van der Waals surface area contributed by atoms with Gasteiger partial charge in [-0.2, -0.15) is 0 Å². The Kier molecular flexibility index (Phi) is 7.77. The van der Waals surface area contributed by atoms with E-state index in [4.69, 9.17) is 4.99 Å². The third-order valence-corrected chi connectivity index (χ3v) is 5.05. The topological polar surface area (TPSA) is 52.2 Å². The standard InChI is InChI=1S/C19H24N4S.HI/c1-3-20-19(21-12-14(2)18-9-6-10-24-18)22-13-16-11-15-7-4-5-8-17(15)23-16;/h4-11,14,23H,3,12-13H2,1-2H3,(H2,20,21,22);1H. The quantitative estimate of drug-likeness (QED) is 0.279. The van der Waals surface area contributed by atoms with E-state index in [0.29, 0.717) is 12.5 Å². The van der Waals surface area contributed by atoms with E-state index in [1.807, 2.05) is 6.07 Å². The number of halogens is 1. The normalized spacial score (nSPS) is 12.6. The lowest BCUT2D eigenvalue weighted by Crippen LogP contribution is -2.39. The number of H-pyrrole nitrogens is 1. The second-order valence-corrected chi connectivity index (χ2v) is 6.85. The van der Waals surface area contributed by atoms with Crippen LogP contribution >= 0.6 is 35.3 Å². The fourth-order valence-electron chi connectivity index (χ4n) is 2.65. The van der Waals surface area contributed by atoms with Gasteiger partial charge in [0.25, 0.3) is 0 Å². The molecule has 0 bridgehead atoms. The summed E-state index contributed by atoms with van der Waals surface area (Å²) in [4.78, 5) is 9.52. The minimum Gasteiger partial charge on any atom is -0.357 e. The number of guanidine groups is 1. The average Bonchev–Trinajstić information content (AvgIpc) is 3.26. The van der Waals surface area contributed by atoms with Crippen molar-refractivity contribution in [2.24, 2.45) is 4.99 Å². The number of hydrogen-bond donors (Lipinski definition) is 3. The Morgan fingerprint density at radius 1 is 1.20 bits per heavy atom. The molecule has 1 unspecified atom stereocenters. The summed E-state index contributed by atoms with van der Waals surface area (Å²) in [6.45, 7) is 6.69. The number of thiophene rings is 1. The SMILES string of the molecule is CCNC(=NCc1cc2ccccc2[nH]1)NCC(C)c1cccs1.I. The first-order valence-electron chi connectivity index (χ1n) is 8.38. The van der Waals surface area contributed by atoms with E-state index in [1.54, 1.807) is 11.3 Å². The second-order valence-electron chi connectivity index (χ2n) is 5.87. The molecule has 0 spiro atoms. The van der Waals surface area contributed by atoms with E-state index in [1.165, 1.54) is 10.3 Å². The first kappa shape index (κ1) is 19.8. The monoisotopic (exact) mass is 468 g/mol. The summed E-state index contributed by atoms with van der Waals surface area (Å²) >= 11 is 1.80. The number of nitrogens with zero attached hydrogens (tertiary/aromatic N) is 1. The number of aliphatic imine (C=N–C) groups is 1. The van der Waals surface area contributed by atoms with Crippen molar-refractivity contribution in [2.45, 2.75) is 26.3 Å². The van der Waals surface area contributed by atoms with Crippen LogP contribution in [-0.2, 0) is 6.54 Å². The molecular formula is C19H25IN4S. The van der Waals surface area contributed by atoms with Gasteiger partial charge in [0.2, 0.25) is 0 Å². The molecule has 0 amide bonds. The lowest BCUT2D eigenvalue weighted by Gasteiger charge is -2.14. The van der Waals surface area contributed by atoms with Gasteiger partial charge in [-0.25, -0.2) is 4.99 Å². The third-order valence-electron chi connectivity index (χ3n) is 3.94. The number of aromatic nitrogens is 1. The van der Waals surface area contributed by atoms with Gasteiger partial charge in [0, 0.05) is 35.1 Å². The number of rotatable bonds is 6. The van der Waals surface area contributed by atoms with E-state index in [0.717, 1.165) is 30.3 Å². The number of aromatic amines is 1. The lowest BCUT2D eigenvalue weighted by molar-refractivity contribution is 0.709. The van der Waals surface area contributed by atoms with Crippen molar-refractivity contribution in [3.05, 3.63) is 58.4 Å². The summed E-state index contributed by atoms with van der Waals surface area (Å²) in [5.41, 5.74) is 2.28. The van der Waals surface area contributed by atoms with E-state index in [9.17, 15) is 0 Å². The summed E-state index contributed by atoms with van der Waals surface area (Å²) in [5.74, 6) is 1.33. The van der Waals surface area contributed by atoms with Gasteiger partial charge in [-0.1, -0.05) is 31.2 Å². The molecule has 0 aliphatic carbocycles. The van der Waals surface area contributed by atoms with Gasteiger partial charge in [0.1, 0.15) is 0 Å². The molecule has 25 heavy (non-hydrogen) atoms. The number of benzene rings is 1. The Bertz CT molecular complexity index is 762. The van der Waals surface area contributed by atoms with E-state index in [-0.39, 0.29) is 24.0 Å². The maximum absolute atomic E-state index is 4.70. The largest absolute Gasteiger partial charge is 0.357 e. The average molecular weight is 468 g/mol. The fraction of sp³-hybridized carbons (Fsp3) is 0.316. The molecule has 134 valence electrons. The van der Waals surface area contributed by atoms with Crippen LogP contribution in [0.1, 0.15) is 30.3 Å². The lowest BCUT2D eigenvalue weighted by atomic mass is 10.1. The predicted octanol–water partition coefficient (Wildman–Crippen LogP) is 4.71. The minimum atomic E-state index is 0. The van der Waals surface area contributed by atoms with Gasteiger partial charge < -0.3 is 15.6 Å². The van der Waals surface area contributed by atoms with Crippen LogP contribution in [0, 0.1) is 0 Å². The molecule has 0 aliphatic heterocycles. The van der Waals surface area contributed by atoms with Crippen molar-refractivity contribution >= 4 is 52.2 Å². The molecule has 0 fully saturated rings. The first-order chi connectivity index (χ1) is 11.8. The Morgan fingerprint density at radius 2 is 2.04 bits per heavy atom. The van der Waals surface area contributed by atoms with Gasteiger partial charge in [0.05, 0.1) is 6.54 Å². The highest BCUT2D eigenvalue weighted by molar-refractivity contribution is 14.0. The van der Waals surface area contributed by atoms with Crippen LogP contribution in [0.25, 0.3) is 10.9 Å². The van der Waals surface area contributed by atoms with Crippen molar-refractivity contribution in [3.63, 3.8) is 0 Å². The molecule has 0 radical (unpaired) electrons. The predicted molar refractivity (Wildman–Crippen MR) is 119 cm³/mol. The summed E-state index contributed by atoms with van der Waals surface area (Å²) in [6, 6.07) is 14.8. The molecule has 2 aromatic heterocycles. The van der Waals surface area contributed by atoms with Crippen LogP contribution in [0.2, 0.25) is 0 Å². The second kappa shape index (κ2) is 9.82. The molecular weight excluding hydrogens is 443 g/mol. The summed E-state index contributed by atoms with van der Waals surface area (Å²) < 4.78 is 0. The summed E-state index contributed by atoms with van der Waals surface area (Å²) in [6.07, 6.45) is 0. The maximum atomic E-state index is 4.70. The molecule has 1 aromatic carbocycles. The van der Waals surface area contributed by atoms with Gasteiger partial charge in [0.15, 0.2) is 5.96 Å². The molecule has 2 heterocycles. The fourth-order valence-corrected chi connectivity index (χ4v) is 3.43. The van der Waals surface area contributed by atoms with Gasteiger partial charge >= 0.3 is 0 Å². The Labute approximate surface area is 170 Å². The molecule has 3 N–H and O–H groups in total. The first-order valence-corrected chi connectivity index (χ1v) is 9.26. The number of para-hydroxylation sites is 1. The van der Waals surface area contributed by atoms with Crippen LogP contribution in [-0.4, -0.2) is 24.0 Å². The van der Waals surface area contributed by atoms with Crippen LogP contribution < -0.4 is 10.6 Å². The molecule has 0 saturated carbocycles. The number of fused-ring (bicyclic) bond motifs is 1. The van der Waals surface area contributed by atoms with Crippen molar-refractivity contribution in [3.8, 4) is 0 Å². The summed E-state index contributed by atoms with van der Waals surface area (Å²) in [7, 11) is 0. The zero-order valence-corrected chi connectivity index (χ0v) is 17.7. The van der Waals surface area contributed by atoms with E-state index in [2.05, 4.69) is 71.2 Å². The van der Waals surface area contributed by atoms with Crippen LogP contribution in [0.5, 0.6) is 0 Å². The van der Waals surface area contributed by atoms with Gasteiger partial charge in [-0.15, -0.1) is 35.3 Å². The maximum Gasteiger partial charge on any atom is 0.191 e. The Hall–Kier alpha value is -1.54. The number of nitrogens with one attached hydrogen (secondary N) is 3. The zero-order valence-electron chi connectivity index (χ0n) is 14.6. The Balaban J connectivity index is 0.00000225. The van der Waals surface area contributed by atoms with Crippen LogP contribution in [0.4, 0.5) is 0 Å². The van der Waals surface area contributed by atoms with Crippen LogP contribution in [0.3, 0.4) is 0 Å². The molecule has 6 heteroatoms. The third kappa shape index (κ3) is 5.47. The van der Waals surface area contributed by atoms with Gasteiger partial charge in [-0.3, -0.25) is 0 Å². The van der Waals surface area contributed by atoms with Crippen molar-refractivity contribution in [2.75, 3.05) is 13.1 Å². The molecule has 4 nitrogen and oxygen atoms in total. The molecule has 1 atom stereocenters. The molecule has 0 saturated heterocycles. The number of hydrogen-bond acceptors (Lipinski definition) is 2. The smallest absolute Gasteiger partial charge is 0.191 e. The molecule has 3 rings (SSSR count). The Morgan fingerprint density at radius 3 is 2.76 bits per heavy atom. The molecule has 3 aromatic rings. The van der Waals surface area contributed by atoms with Crippen molar-refractivity contribution < 1.29 is 0 Å². The van der Waals surface area contributed by atoms with Crippen molar-refractivity contribution in [1.29, 1.82) is 0 Å². The van der Waals surface area contributed by atoms with E-state index >= 15 is 0 Å². The highest BCUT2D eigenvalue weighted by Crippen LogP contribution is 2.19. The zero-order chi connectivity index (χ0) is 16.8. The summed E-state index contributed by atoms with van der Waals surface area (Å²) in [5, 5.41) is 10.1. The molecule has 0 aliphatic rings. The minimum absolute atomic E-state index is 0. The van der Waals surface area contributed by atoms with Crippen molar-refractivity contribution in [1.82, 2.24) is 15.6 Å². The van der Waals surface area contributed by atoms with Gasteiger partial charge in [-0.05, 0) is 35.9 Å². The van der Waals surface area contributed by atoms with E-state index < -0.39 is 0 Å².